The fraction of sp³-hybridized carbons (Fsp3) is 0.207. The van der Waals surface area contributed by atoms with Gasteiger partial charge in [0.15, 0.2) is 9.84 Å². The Morgan fingerprint density at radius 2 is 1.65 bits per heavy atom. The van der Waals surface area contributed by atoms with Crippen LogP contribution in [-0.4, -0.2) is 47.6 Å². The summed E-state index contributed by atoms with van der Waals surface area (Å²) < 4.78 is 79.4. The average Bonchev–Trinajstić information content (AvgIpc) is 2.99. The molecule has 2 amide bonds. The number of urea groups is 1. The number of methoxy groups -OCH3 is 2. The fourth-order valence-electron chi connectivity index (χ4n) is 4.78. The van der Waals surface area contributed by atoms with Crippen LogP contribution < -0.4 is 14.4 Å². The van der Waals surface area contributed by atoms with Crippen LogP contribution >= 0.6 is 0 Å². The number of hydrogen-bond donors (Lipinski definition) is 0. The molecule has 3 aromatic carbocycles. The zero-order valence-electron chi connectivity index (χ0n) is 23.4. The summed E-state index contributed by atoms with van der Waals surface area (Å²) in [5.74, 6) is -0.0541. The predicted molar refractivity (Wildman–Crippen MR) is 153 cm³/mol. The van der Waals surface area contributed by atoms with Crippen molar-refractivity contribution in [3.8, 4) is 23.6 Å². The summed E-state index contributed by atoms with van der Waals surface area (Å²) in [4.78, 5) is 14.4. The number of allylic oxidation sites excluding steroid dienone is 1. The number of sulfone groups is 1. The number of nitrogens with zero attached hydrogens (tertiary/aromatic N) is 4. The number of nitriles is 2. The van der Waals surface area contributed by atoms with Gasteiger partial charge in [-0.05, 0) is 54.4 Å². The predicted octanol–water partition coefficient (Wildman–Crippen LogP) is 4.62. The van der Waals surface area contributed by atoms with Crippen LogP contribution in [0.25, 0.3) is 0 Å². The zero-order valence-corrected chi connectivity index (χ0v) is 25.0. The van der Waals surface area contributed by atoms with E-state index in [2.05, 4.69) is 0 Å². The van der Waals surface area contributed by atoms with Crippen LogP contribution in [0.5, 0.6) is 11.5 Å². The molecule has 0 saturated carbocycles. The number of ether oxygens (including phenoxy) is 2. The minimum Gasteiger partial charge on any atom is -0.497 e. The quantitative estimate of drug-likeness (QED) is 0.349. The van der Waals surface area contributed by atoms with Crippen LogP contribution in [0.3, 0.4) is 0 Å². The fourth-order valence-corrected chi connectivity index (χ4v) is 7.39. The lowest BCUT2D eigenvalue weighted by Gasteiger charge is -2.41. The Morgan fingerprint density at radius 1 is 0.930 bits per heavy atom. The minimum absolute atomic E-state index is 0.0126. The Labute approximate surface area is 248 Å². The number of benzene rings is 3. The maximum Gasteiger partial charge on any atom is 0.343 e. The summed E-state index contributed by atoms with van der Waals surface area (Å²) in [6.07, 6.45) is 0.860. The van der Waals surface area contributed by atoms with Crippen molar-refractivity contribution < 1.29 is 35.5 Å². The van der Waals surface area contributed by atoms with Crippen molar-refractivity contribution in [3.63, 3.8) is 0 Å². The molecule has 0 radical (unpaired) electrons. The number of halogens is 1. The van der Waals surface area contributed by atoms with Gasteiger partial charge in [0.05, 0.1) is 48.1 Å². The molecular weight excluding hydrogens is 599 g/mol. The second kappa shape index (κ2) is 11.8. The number of carbonyl (C=O) groups is 1. The third-order valence-corrected chi connectivity index (χ3v) is 9.71. The summed E-state index contributed by atoms with van der Waals surface area (Å²) in [6, 6.07) is 13.9. The largest absolute Gasteiger partial charge is 0.497 e. The van der Waals surface area contributed by atoms with Gasteiger partial charge >= 0.3 is 6.03 Å². The highest BCUT2D eigenvalue weighted by molar-refractivity contribution is 7.91. The SMILES string of the molecule is COc1ccc(OC)c(S(=O)(=O)N2C(=O)N(c3cccc(CF)c3)C(C)=C(C#N)[C@H]2c2ccc(C#N)cc2S(C)(=O)=O)c1. The van der Waals surface area contributed by atoms with Crippen LogP contribution in [-0.2, 0) is 26.5 Å². The Morgan fingerprint density at radius 3 is 2.23 bits per heavy atom. The Hall–Kier alpha value is -4.92. The number of carbonyl (C=O) groups excluding carboxylic acids is 1. The van der Waals surface area contributed by atoms with Gasteiger partial charge in [0.1, 0.15) is 29.1 Å². The van der Waals surface area contributed by atoms with Gasteiger partial charge in [-0.1, -0.05) is 18.2 Å². The number of alkyl halides is 1. The van der Waals surface area contributed by atoms with E-state index in [1.807, 2.05) is 12.1 Å². The van der Waals surface area contributed by atoms with Crippen molar-refractivity contribution in [1.82, 2.24) is 4.31 Å². The van der Waals surface area contributed by atoms with Crippen molar-refractivity contribution in [2.24, 2.45) is 0 Å². The first-order valence-corrected chi connectivity index (χ1v) is 15.8. The molecule has 43 heavy (non-hydrogen) atoms. The van der Waals surface area contributed by atoms with Crippen molar-refractivity contribution in [1.29, 1.82) is 10.5 Å². The third-order valence-electron chi connectivity index (χ3n) is 6.80. The summed E-state index contributed by atoms with van der Waals surface area (Å²) in [6.45, 7) is 0.518. The summed E-state index contributed by atoms with van der Waals surface area (Å²) in [5.41, 5.74) is -0.307. The van der Waals surface area contributed by atoms with Gasteiger partial charge in [-0.2, -0.15) is 10.5 Å². The van der Waals surface area contributed by atoms with Crippen molar-refractivity contribution >= 4 is 31.6 Å². The topological polar surface area (TPSA) is 158 Å². The van der Waals surface area contributed by atoms with E-state index in [9.17, 15) is 36.5 Å². The molecule has 0 bridgehead atoms. The van der Waals surface area contributed by atoms with E-state index in [4.69, 9.17) is 9.47 Å². The van der Waals surface area contributed by atoms with Gasteiger partial charge in [0.25, 0.3) is 10.0 Å². The first-order chi connectivity index (χ1) is 20.3. The maximum atomic E-state index is 14.5. The second-order valence-corrected chi connectivity index (χ2v) is 13.2. The molecule has 1 heterocycles. The van der Waals surface area contributed by atoms with Crippen LogP contribution in [0.2, 0.25) is 0 Å². The molecule has 14 heteroatoms. The zero-order chi connectivity index (χ0) is 31.7. The van der Waals surface area contributed by atoms with Crippen LogP contribution in [0.4, 0.5) is 14.9 Å². The molecule has 1 aliphatic heterocycles. The van der Waals surface area contributed by atoms with E-state index < -0.39 is 48.4 Å². The molecule has 0 aromatic heterocycles. The minimum atomic E-state index is -4.97. The second-order valence-electron chi connectivity index (χ2n) is 9.39. The van der Waals surface area contributed by atoms with Crippen molar-refractivity contribution in [2.75, 3.05) is 25.4 Å². The molecular formula is C29H25FN4O7S2. The van der Waals surface area contributed by atoms with Crippen LogP contribution in [0.1, 0.15) is 29.7 Å². The Bertz CT molecular complexity index is 1960. The standard InChI is InChI=1S/C29H25FN4O7S2/c1-18-24(17-32)28(23-10-8-20(16-31)13-26(23)42(4,36)37)34(29(35)33(18)21-7-5-6-19(12-21)15-30)43(38,39)27-14-22(40-2)9-11-25(27)41-3/h5-14,28H,15H2,1-4H3/t28-/m1/s1. The Balaban J connectivity index is 2.15. The molecule has 0 saturated heterocycles. The number of sulfonamides is 1. The van der Waals surface area contributed by atoms with Gasteiger partial charge in [-0.25, -0.2) is 30.3 Å². The Kier molecular flexibility index (Phi) is 8.48. The lowest BCUT2D eigenvalue weighted by atomic mass is 9.94. The number of amides is 2. The average molecular weight is 625 g/mol. The van der Waals surface area contributed by atoms with E-state index in [1.54, 1.807) is 0 Å². The van der Waals surface area contributed by atoms with Crippen LogP contribution in [0, 0.1) is 22.7 Å². The summed E-state index contributed by atoms with van der Waals surface area (Å²) in [7, 11) is -6.57. The highest BCUT2D eigenvalue weighted by Gasteiger charge is 2.48. The molecule has 1 aliphatic rings. The highest BCUT2D eigenvalue weighted by Crippen LogP contribution is 2.45. The van der Waals surface area contributed by atoms with E-state index in [-0.39, 0.29) is 45.1 Å². The lowest BCUT2D eigenvalue weighted by molar-refractivity contribution is 0.220. The van der Waals surface area contributed by atoms with Gasteiger partial charge in [0.2, 0.25) is 0 Å². The van der Waals surface area contributed by atoms with E-state index in [0.717, 1.165) is 23.3 Å². The third kappa shape index (κ3) is 5.50. The van der Waals surface area contributed by atoms with Crippen molar-refractivity contribution in [3.05, 3.63) is 88.6 Å². The van der Waals surface area contributed by atoms with Gasteiger partial charge in [-0.15, -0.1) is 0 Å². The number of rotatable bonds is 8. The molecule has 0 aliphatic carbocycles. The highest BCUT2D eigenvalue weighted by atomic mass is 32.2. The molecule has 0 N–H and O–H groups in total. The maximum absolute atomic E-state index is 14.5. The van der Waals surface area contributed by atoms with E-state index in [0.29, 0.717) is 4.31 Å². The first kappa shape index (κ1) is 31.0. The number of anilines is 1. The van der Waals surface area contributed by atoms with Gasteiger partial charge < -0.3 is 9.47 Å². The summed E-state index contributed by atoms with van der Waals surface area (Å²) in [5, 5.41) is 19.8. The van der Waals surface area contributed by atoms with E-state index in [1.165, 1.54) is 69.7 Å². The van der Waals surface area contributed by atoms with E-state index >= 15 is 0 Å². The molecule has 222 valence electrons. The molecule has 0 spiro atoms. The summed E-state index contributed by atoms with van der Waals surface area (Å²) >= 11 is 0. The van der Waals surface area contributed by atoms with Gasteiger partial charge in [-0.3, -0.25) is 4.90 Å². The monoisotopic (exact) mass is 624 g/mol. The smallest absolute Gasteiger partial charge is 0.343 e. The molecule has 4 rings (SSSR count). The van der Waals surface area contributed by atoms with Crippen molar-refractivity contribution in [2.45, 2.75) is 29.4 Å². The first-order valence-electron chi connectivity index (χ1n) is 12.4. The van der Waals surface area contributed by atoms with Gasteiger partial charge in [0, 0.05) is 18.0 Å². The van der Waals surface area contributed by atoms with Crippen LogP contribution in [0.15, 0.2) is 81.7 Å². The lowest BCUT2D eigenvalue weighted by Crippen LogP contribution is -2.52. The normalized spacial score (nSPS) is 15.6. The molecule has 11 nitrogen and oxygen atoms in total. The number of hydrogen-bond acceptors (Lipinski definition) is 9. The molecule has 3 aromatic rings. The molecule has 1 atom stereocenters. The molecule has 0 unspecified atom stereocenters. The molecule has 0 fully saturated rings.